The van der Waals surface area contributed by atoms with Crippen molar-refractivity contribution in [2.45, 2.75) is 20.4 Å². The molecule has 0 N–H and O–H groups in total. The van der Waals surface area contributed by atoms with E-state index in [9.17, 15) is 4.79 Å². The minimum atomic E-state index is -0.00731. The van der Waals surface area contributed by atoms with Crippen LogP contribution in [-0.2, 0) is 13.6 Å². The number of thiophene rings is 1. The van der Waals surface area contributed by atoms with Crippen LogP contribution in [0.3, 0.4) is 0 Å². The first-order chi connectivity index (χ1) is 9.09. The fourth-order valence-electron chi connectivity index (χ4n) is 2.38. The molecule has 98 valence electrons. The van der Waals surface area contributed by atoms with Crippen molar-refractivity contribution in [1.29, 1.82) is 0 Å². The average Bonchev–Trinajstić information content (AvgIpc) is 2.97. The quantitative estimate of drug-likeness (QED) is 0.719. The molecule has 3 rings (SSSR count). The third kappa shape index (κ3) is 1.81. The van der Waals surface area contributed by atoms with Crippen molar-refractivity contribution in [2.24, 2.45) is 7.05 Å². The number of hydrogen-bond donors (Lipinski definition) is 0. The monoisotopic (exact) mass is 273 g/mol. The molecule has 0 spiro atoms. The van der Waals surface area contributed by atoms with Gasteiger partial charge in [0.25, 0.3) is 5.56 Å². The first kappa shape index (κ1) is 12.2. The minimum absolute atomic E-state index is 0.00731. The summed E-state index contributed by atoms with van der Waals surface area (Å²) in [4.78, 5) is 13.7. The maximum absolute atomic E-state index is 12.5. The molecule has 0 aliphatic rings. The smallest absolute Gasteiger partial charge is 0.276 e. The molecule has 0 saturated heterocycles. The Bertz CT molecular complexity index is 796. The van der Waals surface area contributed by atoms with Crippen LogP contribution in [0.4, 0.5) is 0 Å². The molecule has 0 unspecified atom stereocenters. The van der Waals surface area contributed by atoms with Gasteiger partial charge in [0.05, 0.1) is 18.1 Å². The normalized spacial score (nSPS) is 11.3. The van der Waals surface area contributed by atoms with Crippen molar-refractivity contribution in [2.75, 3.05) is 0 Å². The summed E-state index contributed by atoms with van der Waals surface area (Å²) in [6.07, 6.45) is 1.80. The number of rotatable bonds is 2. The largest absolute Gasteiger partial charge is 0.351 e. The van der Waals surface area contributed by atoms with Crippen LogP contribution in [0.15, 0.2) is 28.5 Å². The molecular weight excluding hydrogens is 258 g/mol. The van der Waals surface area contributed by atoms with Gasteiger partial charge < -0.3 is 4.57 Å². The van der Waals surface area contributed by atoms with Gasteiger partial charge in [0.2, 0.25) is 0 Å². The van der Waals surface area contributed by atoms with Gasteiger partial charge in [0, 0.05) is 28.7 Å². The highest BCUT2D eigenvalue weighted by Crippen LogP contribution is 2.20. The third-order valence-corrected chi connectivity index (χ3v) is 4.55. The van der Waals surface area contributed by atoms with Crippen molar-refractivity contribution in [3.8, 4) is 0 Å². The number of aromatic nitrogens is 3. The van der Waals surface area contributed by atoms with E-state index in [1.165, 1.54) is 0 Å². The molecule has 0 atom stereocenters. The second kappa shape index (κ2) is 4.35. The molecule has 0 aliphatic heterocycles. The molecule has 3 aromatic rings. The van der Waals surface area contributed by atoms with Crippen LogP contribution in [0.1, 0.15) is 16.3 Å². The minimum Gasteiger partial charge on any atom is -0.351 e. The van der Waals surface area contributed by atoms with Crippen LogP contribution < -0.4 is 5.56 Å². The first-order valence-electron chi connectivity index (χ1n) is 6.13. The van der Waals surface area contributed by atoms with Gasteiger partial charge in [-0.05, 0) is 25.3 Å². The molecule has 19 heavy (non-hydrogen) atoms. The van der Waals surface area contributed by atoms with Crippen molar-refractivity contribution in [1.82, 2.24) is 14.3 Å². The molecule has 0 fully saturated rings. The van der Waals surface area contributed by atoms with E-state index < -0.39 is 0 Å². The Kier molecular flexibility index (Phi) is 2.78. The van der Waals surface area contributed by atoms with Gasteiger partial charge in [-0.2, -0.15) is 5.10 Å². The Morgan fingerprint density at radius 2 is 2.11 bits per heavy atom. The molecule has 0 bridgehead atoms. The number of fused-ring (bicyclic) bond motifs is 1. The third-order valence-electron chi connectivity index (χ3n) is 3.69. The van der Waals surface area contributed by atoms with E-state index in [0.717, 1.165) is 27.0 Å². The van der Waals surface area contributed by atoms with Gasteiger partial charge in [-0.3, -0.25) is 4.79 Å². The Hall–Kier alpha value is -1.88. The van der Waals surface area contributed by atoms with E-state index in [4.69, 9.17) is 0 Å². The van der Waals surface area contributed by atoms with Crippen molar-refractivity contribution in [3.63, 3.8) is 0 Å². The SMILES string of the molecule is Cc1c2cnn(Cc3cccs3)c(=O)c2c(C)n1C. The second-order valence-corrected chi connectivity index (χ2v) is 5.74. The van der Waals surface area contributed by atoms with E-state index in [2.05, 4.69) is 5.10 Å². The van der Waals surface area contributed by atoms with Crippen LogP contribution in [-0.4, -0.2) is 14.3 Å². The first-order valence-corrected chi connectivity index (χ1v) is 7.01. The Labute approximate surface area is 114 Å². The Balaban J connectivity index is 2.21. The highest BCUT2D eigenvalue weighted by Gasteiger charge is 2.14. The topological polar surface area (TPSA) is 39.8 Å². The zero-order valence-electron chi connectivity index (χ0n) is 11.2. The van der Waals surface area contributed by atoms with Crippen LogP contribution in [0.5, 0.6) is 0 Å². The maximum atomic E-state index is 12.5. The molecule has 0 radical (unpaired) electrons. The summed E-state index contributed by atoms with van der Waals surface area (Å²) < 4.78 is 3.59. The number of aryl methyl sites for hydroxylation is 2. The van der Waals surface area contributed by atoms with E-state index in [1.807, 2.05) is 43.0 Å². The summed E-state index contributed by atoms with van der Waals surface area (Å²) in [6, 6.07) is 4.01. The van der Waals surface area contributed by atoms with Crippen LogP contribution in [0.25, 0.3) is 10.8 Å². The highest BCUT2D eigenvalue weighted by atomic mass is 32.1. The second-order valence-electron chi connectivity index (χ2n) is 4.71. The van der Waals surface area contributed by atoms with Gasteiger partial charge in [0.15, 0.2) is 0 Å². The van der Waals surface area contributed by atoms with E-state index >= 15 is 0 Å². The molecule has 0 amide bonds. The number of hydrogen-bond acceptors (Lipinski definition) is 3. The Morgan fingerprint density at radius 1 is 1.32 bits per heavy atom. The predicted molar refractivity (Wildman–Crippen MR) is 77.9 cm³/mol. The highest BCUT2D eigenvalue weighted by molar-refractivity contribution is 7.09. The lowest BCUT2D eigenvalue weighted by Gasteiger charge is -2.02. The summed E-state index contributed by atoms with van der Waals surface area (Å²) in [5, 5.41) is 8.04. The summed E-state index contributed by atoms with van der Waals surface area (Å²) >= 11 is 1.64. The van der Waals surface area contributed by atoms with Crippen molar-refractivity contribution in [3.05, 3.63) is 50.3 Å². The maximum Gasteiger partial charge on any atom is 0.276 e. The molecule has 3 aromatic heterocycles. The molecular formula is C14H15N3OS. The lowest BCUT2D eigenvalue weighted by molar-refractivity contribution is 0.654. The van der Waals surface area contributed by atoms with Gasteiger partial charge in [0.1, 0.15) is 0 Å². The van der Waals surface area contributed by atoms with Gasteiger partial charge in [-0.25, -0.2) is 4.68 Å². The van der Waals surface area contributed by atoms with Gasteiger partial charge in [-0.1, -0.05) is 6.07 Å². The zero-order valence-corrected chi connectivity index (χ0v) is 12.0. The number of nitrogens with zero attached hydrogens (tertiary/aromatic N) is 3. The molecule has 0 saturated carbocycles. The van der Waals surface area contributed by atoms with Crippen molar-refractivity contribution >= 4 is 22.1 Å². The molecule has 4 nitrogen and oxygen atoms in total. The molecule has 0 aromatic carbocycles. The summed E-state index contributed by atoms with van der Waals surface area (Å²) in [6.45, 7) is 4.53. The van der Waals surface area contributed by atoms with Gasteiger partial charge >= 0.3 is 0 Å². The van der Waals surface area contributed by atoms with Crippen molar-refractivity contribution < 1.29 is 0 Å². The lowest BCUT2D eigenvalue weighted by atomic mass is 10.2. The average molecular weight is 273 g/mol. The fourth-order valence-corrected chi connectivity index (χ4v) is 3.06. The standard InChI is InChI=1S/C14H15N3OS/c1-9-12-7-15-17(8-11-5-4-6-19-11)14(18)13(12)10(2)16(9)3/h4-7H,8H2,1-3H3. The molecule has 0 aliphatic carbocycles. The molecule has 3 heterocycles. The van der Waals surface area contributed by atoms with E-state index in [1.54, 1.807) is 22.2 Å². The van der Waals surface area contributed by atoms with Crippen LogP contribution in [0, 0.1) is 13.8 Å². The van der Waals surface area contributed by atoms with E-state index in [0.29, 0.717) is 6.54 Å². The fraction of sp³-hybridized carbons (Fsp3) is 0.286. The lowest BCUT2D eigenvalue weighted by Crippen LogP contribution is -2.23. The summed E-state index contributed by atoms with van der Waals surface area (Å²) in [5.41, 5.74) is 2.08. The molecule has 5 heteroatoms. The van der Waals surface area contributed by atoms with Gasteiger partial charge in [-0.15, -0.1) is 11.3 Å². The van der Waals surface area contributed by atoms with Crippen LogP contribution in [0.2, 0.25) is 0 Å². The van der Waals surface area contributed by atoms with E-state index in [-0.39, 0.29) is 5.56 Å². The summed E-state index contributed by atoms with van der Waals surface area (Å²) in [7, 11) is 1.98. The Morgan fingerprint density at radius 3 is 2.79 bits per heavy atom. The van der Waals surface area contributed by atoms with Crippen LogP contribution >= 0.6 is 11.3 Å². The predicted octanol–water partition coefficient (Wildman–Crippen LogP) is 2.46. The summed E-state index contributed by atoms with van der Waals surface area (Å²) in [5.74, 6) is 0. The zero-order chi connectivity index (χ0) is 13.6.